The van der Waals surface area contributed by atoms with Crippen molar-refractivity contribution in [1.82, 2.24) is 0 Å². The standard InChI is InChI=1S/C30H21Cl2P/c31-26-21-27(33(24-17-9-3-10-18-24)25-19-11-4-12-20-25)28(22-13-5-1-6-14-22)29(30(26)32)23-15-7-2-8-16-23/h1-21H. The lowest BCUT2D eigenvalue weighted by atomic mass is 9.94. The summed E-state index contributed by atoms with van der Waals surface area (Å²) in [4.78, 5) is 0. The van der Waals surface area contributed by atoms with Gasteiger partial charge in [-0.25, -0.2) is 0 Å². The maximum atomic E-state index is 6.93. The lowest BCUT2D eigenvalue weighted by Gasteiger charge is -2.26. The molecule has 0 aliphatic carbocycles. The van der Waals surface area contributed by atoms with E-state index in [9.17, 15) is 0 Å². The van der Waals surface area contributed by atoms with Gasteiger partial charge in [-0.3, -0.25) is 0 Å². The Bertz CT molecular complexity index is 1310. The highest BCUT2D eigenvalue weighted by atomic mass is 35.5. The molecule has 0 fully saturated rings. The van der Waals surface area contributed by atoms with Crippen LogP contribution in [-0.2, 0) is 0 Å². The summed E-state index contributed by atoms with van der Waals surface area (Å²) >= 11 is 13.8. The van der Waals surface area contributed by atoms with Crippen LogP contribution < -0.4 is 15.9 Å². The van der Waals surface area contributed by atoms with Crippen LogP contribution in [0.2, 0.25) is 10.0 Å². The van der Waals surface area contributed by atoms with E-state index < -0.39 is 7.92 Å². The first-order chi connectivity index (χ1) is 16.2. The van der Waals surface area contributed by atoms with E-state index in [1.54, 1.807) is 0 Å². The van der Waals surface area contributed by atoms with Crippen LogP contribution >= 0.6 is 31.1 Å². The molecule has 0 nitrogen and oxygen atoms in total. The second kappa shape index (κ2) is 9.94. The van der Waals surface area contributed by atoms with Gasteiger partial charge in [-0.2, -0.15) is 0 Å². The molecule has 160 valence electrons. The van der Waals surface area contributed by atoms with Crippen molar-refractivity contribution >= 4 is 47.0 Å². The van der Waals surface area contributed by atoms with Gasteiger partial charge in [-0.1, -0.05) is 145 Å². The van der Waals surface area contributed by atoms with Crippen molar-refractivity contribution in [2.75, 3.05) is 0 Å². The number of rotatable bonds is 5. The molecule has 0 N–H and O–H groups in total. The Hall–Kier alpha value is -2.89. The summed E-state index contributed by atoms with van der Waals surface area (Å²) in [5.41, 5.74) is 4.30. The predicted octanol–water partition coefficient (Wildman–Crippen LogP) is 8.09. The van der Waals surface area contributed by atoms with Crippen LogP contribution in [-0.4, -0.2) is 0 Å². The maximum Gasteiger partial charge on any atom is 0.0677 e. The normalized spacial score (nSPS) is 11.0. The molecule has 0 atom stereocenters. The minimum atomic E-state index is -0.869. The lowest BCUT2D eigenvalue weighted by Crippen LogP contribution is -2.23. The van der Waals surface area contributed by atoms with E-state index in [1.165, 1.54) is 15.9 Å². The van der Waals surface area contributed by atoms with Crippen LogP contribution in [0.1, 0.15) is 0 Å². The molecule has 0 saturated heterocycles. The van der Waals surface area contributed by atoms with Crippen LogP contribution in [0.5, 0.6) is 0 Å². The van der Waals surface area contributed by atoms with E-state index in [1.807, 2.05) is 24.3 Å². The number of halogens is 2. The van der Waals surface area contributed by atoms with Crippen molar-refractivity contribution < 1.29 is 0 Å². The first-order valence-corrected chi connectivity index (χ1v) is 12.9. The first kappa shape index (κ1) is 21.9. The first-order valence-electron chi connectivity index (χ1n) is 10.8. The van der Waals surface area contributed by atoms with Crippen molar-refractivity contribution in [3.05, 3.63) is 137 Å². The van der Waals surface area contributed by atoms with E-state index in [0.717, 1.165) is 22.3 Å². The molecule has 0 aromatic heterocycles. The average molecular weight is 483 g/mol. The maximum absolute atomic E-state index is 6.93. The molecule has 0 heterocycles. The third-order valence-corrected chi connectivity index (χ3v) is 8.84. The third kappa shape index (κ3) is 4.48. The van der Waals surface area contributed by atoms with Crippen molar-refractivity contribution in [3.63, 3.8) is 0 Å². The predicted molar refractivity (Wildman–Crippen MR) is 146 cm³/mol. The fraction of sp³-hybridized carbons (Fsp3) is 0. The molecule has 5 aromatic carbocycles. The smallest absolute Gasteiger partial charge is 0.0677 e. The molecule has 5 aromatic rings. The molecule has 0 bridgehead atoms. The molecular formula is C30H21Cl2P. The lowest BCUT2D eigenvalue weighted by molar-refractivity contribution is 1.60. The Kier molecular flexibility index (Phi) is 6.60. The number of hydrogen-bond donors (Lipinski definition) is 0. The van der Waals surface area contributed by atoms with Gasteiger partial charge >= 0.3 is 0 Å². The summed E-state index contributed by atoms with van der Waals surface area (Å²) < 4.78 is 0. The minimum Gasteiger partial charge on any atom is -0.0827 e. The fourth-order valence-corrected chi connectivity index (χ4v) is 7.20. The summed E-state index contributed by atoms with van der Waals surface area (Å²) in [5, 5.41) is 4.90. The van der Waals surface area contributed by atoms with Gasteiger partial charge in [0.05, 0.1) is 10.0 Å². The zero-order valence-electron chi connectivity index (χ0n) is 17.8. The zero-order valence-corrected chi connectivity index (χ0v) is 20.2. The Morgan fingerprint density at radius 3 is 1.30 bits per heavy atom. The molecule has 33 heavy (non-hydrogen) atoms. The molecule has 5 rings (SSSR count). The summed E-state index contributed by atoms with van der Waals surface area (Å²) in [5.74, 6) is 0. The van der Waals surface area contributed by atoms with Gasteiger partial charge in [-0.15, -0.1) is 0 Å². The molecule has 0 amide bonds. The van der Waals surface area contributed by atoms with E-state index >= 15 is 0 Å². The van der Waals surface area contributed by atoms with E-state index in [-0.39, 0.29) is 0 Å². The molecule has 0 spiro atoms. The highest BCUT2D eigenvalue weighted by molar-refractivity contribution is 7.80. The van der Waals surface area contributed by atoms with Gasteiger partial charge < -0.3 is 0 Å². The van der Waals surface area contributed by atoms with Gasteiger partial charge in [0.2, 0.25) is 0 Å². The molecule has 3 heteroatoms. The van der Waals surface area contributed by atoms with E-state index in [0.29, 0.717) is 10.0 Å². The fourth-order valence-electron chi connectivity index (χ4n) is 4.14. The third-order valence-electron chi connectivity index (χ3n) is 5.59. The molecule has 0 aliphatic heterocycles. The summed E-state index contributed by atoms with van der Waals surface area (Å²) in [6, 6.07) is 44.2. The van der Waals surface area contributed by atoms with Gasteiger partial charge in [0.15, 0.2) is 0 Å². The molecule has 0 unspecified atom stereocenters. The van der Waals surface area contributed by atoms with E-state index in [4.69, 9.17) is 23.2 Å². The second-order valence-corrected chi connectivity index (χ2v) is 10.7. The van der Waals surface area contributed by atoms with Gasteiger partial charge in [0.1, 0.15) is 0 Å². The number of hydrogen-bond acceptors (Lipinski definition) is 0. The highest BCUT2D eigenvalue weighted by Crippen LogP contribution is 2.46. The largest absolute Gasteiger partial charge is 0.0827 e. The second-order valence-electron chi connectivity index (χ2n) is 7.68. The van der Waals surface area contributed by atoms with Gasteiger partial charge in [0.25, 0.3) is 0 Å². The summed E-state index contributed by atoms with van der Waals surface area (Å²) in [6.07, 6.45) is 0. The topological polar surface area (TPSA) is 0 Å². The quantitative estimate of drug-likeness (QED) is 0.222. The zero-order chi connectivity index (χ0) is 22.6. The molecular weight excluding hydrogens is 462 g/mol. The Morgan fingerprint density at radius 2 is 0.848 bits per heavy atom. The van der Waals surface area contributed by atoms with Crippen LogP contribution in [0.3, 0.4) is 0 Å². The Labute approximate surface area is 206 Å². The monoisotopic (exact) mass is 482 g/mol. The summed E-state index contributed by atoms with van der Waals surface area (Å²) in [7, 11) is -0.869. The minimum absolute atomic E-state index is 0.574. The SMILES string of the molecule is Clc1cc(P(c2ccccc2)c2ccccc2)c(-c2ccccc2)c(-c2ccccc2)c1Cl. The van der Waals surface area contributed by atoms with Crippen LogP contribution in [0.25, 0.3) is 22.3 Å². The van der Waals surface area contributed by atoms with Crippen molar-refractivity contribution in [2.24, 2.45) is 0 Å². The van der Waals surface area contributed by atoms with Crippen molar-refractivity contribution in [2.45, 2.75) is 0 Å². The number of benzene rings is 5. The molecule has 0 aliphatic rings. The Morgan fingerprint density at radius 1 is 0.455 bits per heavy atom. The van der Waals surface area contributed by atoms with Crippen molar-refractivity contribution in [3.8, 4) is 22.3 Å². The van der Waals surface area contributed by atoms with Gasteiger partial charge in [-0.05, 0) is 46.6 Å². The molecule has 0 radical (unpaired) electrons. The van der Waals surface area contributed by atoms with Crippen LogP contribution in [0, 0.1) is 0 Å². The Balaban J connectivity index is 1.90. The van der Waals surface area contributed by atoms with Crippen LogP contribution in [0.4, 0.5) is 0 Å². The summed E-state index contributed by atoms with van der Waals surface area (Å²) in [6.45, 7) is 0. The van der Waals surface area contributed by atoms with Crippen molar-refractivity contribution in [1.29, 1.82) is 0 Å². The average Bonchev–Trinajstić information content (AvgIpc) is 2.88. The molecule has 0 saturated carbocycles. The highest BCUT2D eigenvalue weighted by Gasteiger charge is 2.26. The van der Waals surface area contributed by atoms with Gasteiger partial charge in [0, 0.05) is 5.56 Å². The van der Waals surface area contributed by atoms with E-state index in [2.05, 4.69) is 103 Å². The van der Waals surface area contributed by atoms with Crippen LogP contribution in [0.15, 0.2) is 127 Å².